The summed E-state index contributed by atoms with van der Waals surface area (Å²) in [5, 5.41) is 10.2. The highest BCUT2D eigenvalue weighted by atomic mass is 32.1. The fourth-order valence-electron chi connectivity index (χ4n) is 3.53. The van der Waals surface area contributed by atoms with E-state index in [9.17, 15) is 4.79 Å². The van der Waals surface area contributed by atoms with E-state index in [1.165, 1.54) is 0 Å². The Bertz CT molecular complexity index is 967. The first-order chi connectivity index (χ1) is 12.7. The zero-order chi connectivity index (χ0) is 18.1. The van der Waals surface area contributed by atoms with Gasteiger partial charge in [-0.15, -0.1) is 21.5 Å². The van der Waals surface area contributed by atoms with E-state index in [0.29, 0.717) is 6.42 Å². The second kappa shape index (κ2) is 6.96. The lowest BCUT2D eigenvalue weighted by atomic mass is 9.98. The molecule has 0 fully saturated rings. The van der Waals surface area contributed by atoms with Crippen LogP contribution in [0.5, 0.6) is 5.75 Å². The molecule has 4 rings (SSSR count). The molecular weight excluding hydrogens is 346 g/mol. The predicted octanol–water partition coefficient (Wildman–Crippen LogP) is 3.90. The number of ether oxygens (including phenoxy) is 1. The summed E-state index contributed by atoms with van der Waals surface area (Å²) in [6.07, 6.45) is 4.00. The summed E-state index contributed by atoms with van der Waals surface area (Å²) in [6.45, 7) is 1.95. The van der Waals surface area contributed by atoms with Gasteiger partial charge in [-0.3, -0.25) is 9.78 Å². The molecule has 1 aromatic carbocycles. The van der Waals surface area contributed by atoms with Crippen molar-refractivity contribution in [2.24, 2.45) is 5.92 Å². The average molecular weight is 365 g/mol. The maximum Gasteiger partial charge on any atom is 0.166 e. The summed E-state index contributed by atoms with van der Waals surface area (Å²) < 4.78 is 5.48. The number of pyridine rings is 1. The van der Waals surface area contributed by atoms with Crippen molar-refractivity contribution >= 4 is 17.1 Å². The van der Waals surface area contributed by atoms with Gasteiger partial charge in [-0.1, -0.05) is 12.1 Å². The van der Waals surface area contributed by atoms with E-state index in [1.807, 2.05) is 37.3 Å². The van der Waals surface area contributed by atoms with Crippen LogP contribution in [0.4, 0.5) is 0 Å². The lowest BCUT2D eigenvalue weighted by Crippen LogP contribution is -2.10. The van der Waals surface area contributed by atoms with Crippen LogP contribution in [0.1, 0.15) is 32.4 Å². The van der Waals surface area contributed by atoms with Crippen molar-refractivity contribution < 1.29 is 9.53 Å². The van der Waals surface area contributed by atoms with E-state index in [1.54, 1.807) is 24.6 Å². The molecule has 26 heavy (non-hydrogen) atoms. The van der Waals surface area contributed by atoms with Gasteiger partial charge in [0, 0.05) is 29.7 Å². The van der Waals surface area contributed by atoms with Crippen molar-refractivity contribution in [3.05, 3.63) is 57.7 Å². The molecule has 6 heteroatoms. The fraction of sp³-hybridized carbons (Fsp3) is 0.300. The highest BCUT2D eigenvalue weighted by Crippen LogP contribution is 2.38. The maximum absolute atomic E-state index is 12.9. The van der Waals surface area contributed by atoms with Crippen LogP contribution >= 0.6 is 11.3 Å². The van der Waals surface area contributed by atoms with Crippen LogP contribution < -0.4 is 4.74 Å². The van der Waals surface area contributed by atoms with Gasteiger partial charge in [0.25, 0.3) is 0 Å². The number of ketones is 1. The quantitative estimate of drug-likeness (QED) is 0.686. The molecular formula is C20H19N3O2S. The molecule has 132 valence electrons. The van der Waals surface area contributed by atoms with Gasteiger partial charge in [-0.2, -0.15) is 0 Å². The van der Waals surface area contributed by atoms with Crippen LogP contribution in [0.15, 0.2) is 36.5 Å². The molecule has 2 heterocycles. The number of Topliss-reactive ketones (excluding diaryl/α,β-unsaturated/α-hetero) is 1. The SMILES string of the molecule is COc1ccccc1-c1nccc2c1CC(CCc1nnc(C)s1)C2=O. The van der Waals surface area contributed by atoms with Gasteiger partial charge in [0.05, 0.1) is 12.8 Å². The summed E-state index contributed by atoms with van der Waals surface area (Å²) in [5.41, 5.74) is 3.60. The fourth-order valence-corrected chi connectivity index (χ4v) is 4.25. The summed E-state index contributed by atoms with van der Waals surface area (Å²) in [7, 11) is 1.65. The van der Waals surface area contributed by atoms with Crippen LogP contribution in [0.25, 0.3) is 11.3 Å². The minimum absolute atomic E-state index is 0.0214. The van der Waals surface area contributed by atoms with Gasteiger partial charge in [0.1, 0.15) is 15.8 Å². The summed E-state index contributed by atoms with van der Waals surface area (Å²) in [6, 6.07) is 9.64. The first kappa shape index (κ1) is 16.8. The summed E-state index contributed by atoms with van der Waals surface area (Å²) in [5.74, 6) is 0.959. The normalized spacial score (nSPS) is 15.9. The first-order valence-electron chi connectivity index (χ1n) is 8.62. The number of aromatic nitrogens is 3. The number of benzene rings is 1. The van der Waals surface area contributed by atoms with E-state index in [0.717, 1.165) is 51.0 Å². The molecule has 0 amide bonds. The molecule has 1 aliphatic rings. The molecule has 1 unspecified atom stereocenters. The molecule has 3 aromatic rings. The predicted molar refractivity (Wildman–Crippen MR) is 101 cm³/mol. The molecule has 0 saturated heterocycles. The van der Waals surface area contributed by atoms with Gasteiger partial charge in [-0.25, -0.2) is 0 Å². The number of para-hydroxylation sites is 1. The Morgan fingerprint density at radius 1 is 1.19 bits per heavy atom. The molecule has 0 N–H and O–H groups in total. The first-order valence-corrected chi connectivity index (χ1v) is 9.43. The largest absolute Gasteiger partial charge is 0.496 e. The van der Waals surface area contributed by atoms with E-state index in [-0.39, 0.29) is 11.7 Å². The molecule has 0 radical (unpaired) electrons. The van der Waals surface area contributed by atoms with E-state index >= 15 is 0 Å². The molecule has 0 spiro atoms. The number of carbonyl (C=O) groups excluding carboxylic acids is 1. The van der Waals surface area contributed by atoms with Crippen molar-refractivity contribution in [2.45, 2.75) is 26.2 Å². The number of fused-ring (bicyclic) bond motifs is 1. The van der Waals surface area contributed by atoms with Crippen molar-refractivity contribution in [1.29, 1.82) is 0 Å². The van der Waals surface area contributed by atoms with E-state index in [2.05, 4.69) is 15.2 Å². The molecule has 0 saturated carbocycles. The highest BCUT2D eigenvalue weighted by molar-refractivity contribution is 7.11. The van der Waals surface area contributed by atoms with Crippen molar-refractivity contribution in [2.75, 3.05) is 7.11 Å². The average Bonchev–Trinajstić information content (AvgIpc) is 3.23. The lowest BCUT2D eigenvalue weighted by Gasteiger charge is -2.11. The standard InChI is InChI=1S/C20H19N3O2S/c1-12-22-23-18(26-12)8-7-13-11-16-14(20(13)24)9-10-21-19(16)15-5-3-4-6-17(15)25-2/h3-6,9-10,13H,7-8,11H2,1-2H3. The smallest absolute Gasteiger partial charge is 0.166 e. The highest BCUT2D eigenvalue weighted by Gasteiger charge is 2.33. The Kier molecular flexibility index (Phi) is 4.51. The number of hydrogen-bond acceptors (Lipinski definition) is 6. The Morgan fingerprint density at radius 3 is 2.81 bits per heavy atom. The van der Waals surface area contributed by atoms with Gasteiger partial charge in [0.2, 0.25) is 0 Å². The number of rotatable bonds is 5. The number of aryl methyl sites for hydroxylation is 2. The van der Waals surface area contributed by atoms with Crippen LogP contribution in [0.2, 0.25) is 0 Å². The molecule has 0 aliphatic heterocycles. The minimum Gasteiger partial charge on any atom is -0.496 e. The third-order valence-corrected chi connectivity index (χ3v) is 5.68. The second-order valence-electron chi connectivity index (χ2n) is 6.40. The minimum atomic E-state index is -0.0214. The monoisotopic (exact) mass is 365 g/mol. The number of carbonyl (C=O) groups is 1. The second-order valence-corrected chi connectivity index (χ2v) is 7.67. The van der Waals surface area contributed by atoms with Crippen LogP contribution in [0.3, 0.4) is 0 Å². The molecule has 1 aliphatic carbocycles. The maximum atomic E-state index is 12.9. The van der Waals surface area contributed by atoms with Gasteiger partial charge in [-0.05, 0) is 43.5 Å². The van der Waals surface area contributed by atoms with Gasteiger partial charge in [0.15, 0.2) is 5.78 Å². The third-order valence-electron chi connectivity index (χ3n) is 4.78. The molecule has 5 nitrogen and oxygen atoms in total. The number of methoxy groups -OCH3 is 1. The Labute approximate surface area is 156 Å². The van der Waals surface area contributed by atoms with Gasteiger partial charge >= 0.3 is 0 Å². The topological polar surface area (TPSA) is 65.0 Å². The number of hydrogen-bond donors (Lipinski definition) is 0. The molecule has 2 aromatic heterocycles. The zero-order valence-electron chi connectivity index (χ0n) is 14.7. The van der Waals surface area contributed by atoms with Crippen LogP contribution in [-0.4, -0.2) is 28.1 Å². The lowest BCUT2D eigenvalue weighted by molar-refractivity contribution is 0.0931. The molecule has 1 atom stereocenters. The van der Waals surface area contributed by atoms with Crippen LogP contribution in [-0.2, 0) is 12.8 Å². The number of nitrogens with zero attached hydrogens (tertiary/aromatic N) is 3. The molecule has 0 bridgehead atoms. The van der Waals surface area contributed by atoms with Crippen molar-refractivity contribution in [1.82, 2.24) is 15.2 Å². The van der Waals surface area contributed by atoms with Gasteiger partial charge < -0.3 is 4.74 Å². The third kappa shape index (κ3) is 3.01. The summed E-state index contributed by atoms with van der Waals surface area (Å²) in [4.78, 5) is 17.4. The van der Waals surface area contributed by atoms with E-state index < -0.39 is 0 Å². The Hall–Kier alpha value is -2.60. The summed E-state index contributed by atoms with van der Waals surface area (Å²) >= 11 is 1.60. The Morgan fingerprint density at radius 2 is 2.04 bits per heavy atom. The van der Waals surface area contributed by atoms with Crippen LogP contribution in [0, 0.1) is 12.8 Å². The zero-order valence-corrected chi connectivity index (χ0v) is 15.5. The van der Waals surface area contributed by atoms with Crippen molar-refractivity contribution in [3.8, 4) is 17.0 Å². The van der Waals surface area contributed by atoms with E-state index in [4.69, 9.17) is 4.74 Å². The Balaban J connectivity index is 1.62. The van der Waals surface area contributed by atoms with Crippen molar-refractivity contribution in [3.63, 3.8) is 0 Å².